The average Bonchev–Trinajstić information content (AvgIpc) is 2.96. The van der Waals surface area contributed by atoms with Gasteiger partial charge in [0, 0.05) is 36.3 Å². The lowest BCUT2D eigenvalue weighted by Gasteiger charge is -2.14. The van der Waals surface area contributed by atoms with E-state index in [1.807, 2.05) is 56.5 Å². The highest BCUT2D eigenvalue weighted by Crippen LogP contribution is 2.25. The number of hydrogen-bond donors (Lipinski definition) is 1. The number of hydrogen-bond acceptors (Lipinski definition) is 3. The Bertz CT molecular complexity index is 1270. The Kier molecular flexibility index (Phi) is 5.99. The van der Waals surface area contributed by atoms with Crippen molar-refractivity contribution in [3.8, 4) is 5.69 Å². The van der Waals surface area contributed by atoms with Gasteiger partial charge in [0.15, 0.2) is 5.65 Å². The summed E-state index contributed by atoms with van der Waals surface area (Å²) < 4.78 is 18.0. The van der Waals surface area contributed by atoms with E-state index in [0.29, 0.717) is 17.8 Å². The molecule has 4 aromatic rings. The molecule has 0 radical (unpaired) electrons. The molecule has 1 N–H and O–H groups in total. The molecule has 3 heterocycles. The molecule has 0 saturated heterocycles. The third-order valence-electron chi connectivity index (χ3n) is 5.30. The zero-order valence-corrected chi connectivity index (χ0v) is 18.2. The van der Waals surface area contributed by atoms with Crippen molar-refractivity contribution in [3.05, 3.63) is 93.0 Å². The van der Waals surface area contributed by atoms with Gasteiger partial charge in [-0.1, -0.05) is 12.1 Å². The van der Waals surface area contributed by atoms with Crippen molar-refractivity contribution in [2.75, 3.05) is 5.32 Å². The minimum atomic E-state index is -0.225. The molecule has 0 spiro atoms. The van der Waals surface area contributed by atoms with E-state index >= 15 is 0 Å². The third kappa shape index (κ3) is 3.83. The van der Waals surface area contributed by atoms with Crippen LogP contribution in [-0.2, 0) is 6.54 Å². The monoisotopic (exact) mass is 426 g/mol. The predicted octanol–water partition coefficient (Wildman–Crippen LogP) is 4.89. The van der Waals surface area contributed by atoms with Crippen LogP contribution in [0.3, 0.4) is 0 Å². The first-order valence-electron chi connectivity index (χ1n) is 9.52. The number of halogens is 2. The number of nitrogens with one attached hydrogen (secondary N) is 1. The number of benzene rings is 1. The third-order valence-corrected chi connectivity index (χ3v) is 5.30. The van der Waals surface area contributed by atoms with Crippen LogP contribution in [0.2, 0.25) is 0 Å². The van der Waals surface area contributed by atoms with Crippen LogP contribution in [0.4, 0.5) is 10.1 Å². The summed E-state index contributed by atoms with van der Waals surface area (Å²) in [6.45, 7) is 8.05. The standard InChI is InChI=1S/C23H23FN4O.ClH/c1-14-9-15(2)19(20(24)10-14)12-25-21-11-18(27-8-6-5-7-22(27)29)13-28-17(4)16(3)26-23(21)28;/h5-11,13,25H,12H2,1-4H3;1H. The summed E-state index contributed by atoms with van der Waals surface area (Å²) in [6, 6.07) is 10.4. The van der Waals surface area contributed by atoms with E-state index in [1.165, 1.54) is 6.07 Å². The summed E-state index contributed by atoms with van der Waals surface area (Å²) in [5, 5.41) is 3.34. The number of nitrogens with zero attached hydrogens (tertiary/aromatic N) is 3. The molecular weight excluding hydrogens is 403 g/mol. The highest BCUT2D eigenvalue weighted by Gasteiger charge is 2.14. The van der Waals surface area contributed by atoms with Gasteiger partial charge in [-0.05, 0) is 57.0 Å². The van der Waals surface area contributed by atoms with Crippen LogP contribution in [0.15, 0.2) is 53.6 Å². The number of pyridine rings is 2. The molecule has 5 nitrogen and oxygen atoms in total. The van der Waals surface area contributed by atoms with Crippen molar-refractivity contribution in [3.63, 3.8) is 0 Å². The molecule has 4 rings (SSSR count). The Morgan fingerprint density at radius 1 is 1.10 bits per heavy atom. The lowest BCUT2D eigenvalue weighted by atomic mass is 10.0. The van der Waals surface area contributed by atoms with Gasteiger partial charge in [0.05, 0.1) is 17.1 Å². The van der Waals surface area contributed by atoms with Crippen molar-refractivity contribution >= 4 is 23.7 Å². The van der Waals surface area contributed by atoms with E-state index in [9.17, 15) is 9.18 Å². The van der Waals surface area contributed by atoms with E-state index in [2.05, 4.69) is 10.3 Å². The van der Waals surface area contributed by atoms with Gasteiger partial charge in [0.1, 0.15) is 5.82 Å². The fourth-order valence-corrected chi connectivity index (χ4v) is 3.61. The summed E-state index contributed by atoms with van der Waals surface area (Å²) in [7, 11) is 0. The van der Waals surface area contributed by atoms with Gasteiger partial charge in [-0.3, -0.25) is 9.36 Å². The van der Waals surface area contributed by atoms with Crippen LogP contribution in [0.25, 0.3) is 11.3 Å². The second-order valence-electron chi connectivity index (χ2n) is 7.39. The predicted molar refractivity (Wildman–Crippen MR) is 121 cm³/mol. The van der Waals surface area contributed by atoms with Crippen molar-refractivity contribution < 1.29 is 4.39 Å². The number of aromatic nitrogens is 3. The van der Waals surface area contributed by atoms with Gasteiger partial charge in [-0.15, -0.1) is 12.4 Å². The van der Waals surface area contributed by atoms with Crippen molar-refractivity contribution in [1.82, 2.24) is 14.0 Å². The lowest BCUT2D eigenvalue weighted by molar-refractivity contribution is 0.610. The fourth-order valence-electron chi connectivity index (χ4n) is 3.61. The maximum absolute atomic E-state index is 14.5. The van der Waals surface area contributed by atoms with Crippen LogP contribution >= 0.6 is 12.4 Å². The molecular formula is C23H24ClFN4O. The largest absolute Gasteiger partial charge is 0.378 e. The normalized spacial score (nSPS) is 10.8. The maximum atomic E-state index is 14.5. The number of rotatable bonds is 4. The molecule has 1 aromatic carbocycles. The zero-order chi connectivity index (χ0) is 20.7. The molecule has 0 fully saturated rings. The van der Waals surface area contributed by atoms with Gasteiger partial charge < -0.3 is 9.72 Å². The maximum Gasteiger partial charge on any atom is 0.255 e. The van der Waals surface area contributed by atoms with Crippen LogP contribution in [-0.4, -0.2) is 14.0 Å². The molecule has 0 aliphatic heterocycles. The van der Waals surface area contributed by atoms with E-state index < -0.39 is 0 Å². The van der Waals surface area contributed by atoms with Gasteiger partial charge >= 0.3 is 0 Å². The van der Waals surface area contributed by atoms with Gasteiger partial charge in [0.25, 0.3) is 5.56 Å². The van der Waals surface area contributed by atoms with E-state index in [4.69, 9.17) is 0 Å². The molecule has 0 aliphatic carbocycles. The number of fused-ring (bicyclic) bond motifs is 1. The molecule has 0 bridgehead atoms. The fraction of sp³-hybridized carbons (Fsp3) is 0.217. The number of imidazole rings is 1. The molecule has 0 aliphatic rings. The second kappa shape index (κ2) is 8.32. The SMILES string of the molecule is Cc1cc(C)c(CNc2cc(-n3ccccc3=O)cn3c(C)c(C)nc23)c(F)c1.Cl. The Morgan fingerprint density at radius 2 is 1.87 bits per heavy atom. The van der Waals surface area contributed by atoms with Crippen molar-refractivity contribution in [2.24, 2.45) is 0 Å². The summed E-state index contributed by atoms with van der Waals surface area (Å²) in [4.78, 5) is 17.0. The second-order valence-corrected chi connectivity index (χ2v) is 7.39. The topological polar surface area (TPSA) is 51.3 Å². The van der Waals surface area contributed by atoms with Gasteiger partial charge in [-0.2, -0.15) is 0 Å². The van der Waals surface area contributed by atoms with Gasteiger partial charge in [0.2, 0.25) is 0 Å². The molecule has 0 amide bonds. The van der Waals surface area contributed by atoms with E-state index in [0.717, 1.165) is 33.8 Å². The minimum absolute atomic E-state index is 0. The summed E-state index contributed by atoms with van der Waals surface area (Å²) >= 11 is 0. The summed E-state index contributed by atoms with van der Waals surface area (Å²) in [5.74, 6) is -0.225. The van der Waals surface area contributed by atoms with E-state index in [1.54, 1.807) is 22.9 Å². The molecule has 0 atom stereocenters. The highest BCUT2D eigenvalue weighted by molar-refractivity contribution is 5.85. The first-order chi connectivity index (χ1) is 13.8. The quantitative estimate of drug-likeness (QED) is 0.505. The first-order valence-corrected chi connectivity index (χ1v) is 9.52. The Hall–Kier alpha value is -3.12. The molecule has 0 unspecified atom stereocenters. The zero-order valence-electron chi connectivity index (χ0n) is 17.4. The average molecular weight is 427 g/mol. The van der Waals surface area contributed by atoms with Gasteiger partial charge in [-0.25, -0.2) is 9.37 Å². The molecule has 0 saturated carbocycles. The Labute approximate surface area is 180 Å². The van der Waals surface area contributed by atoms with Crippen LogP contribution in [0.5, 0.6) is 0 Å². The summed E-state index contributed by atoms with van der Waals surface area (Å²) in [5.41, 5.74) is 6.41. The number of aryl methyl sites for hydroxylation is 4. The first kappa shape index (κ1) is 21.6. The highest BCUT2D eigenvalue weighted by atomic mass is 35.5. The van der Waals surface area contributed by atoms with Crippen molar-refractivity contribution in [1.29, 1.82) is 0 Å². The van der Waals surface area contributed by atoms with Crippen LogP contribution in [0, 0.1) is 33.5 Å². The van der Waals surface area contributed by atoms with Crippen molar-refractivity contribution in [2.45, 2.75) is 34.2 Å². The molecule has 156 valence electrons. The minimum Gasteiger partial charge on any atom is -0.378 e. The smallest absolute Gasteiger partial charge is 0.255 e. The Balaban J connectivity index is 0.00000256. The van der Waals surface area contributed by atoms with Crippen LogP contribution in [0.1, 0.15) is 28.1 Å². The van der Waals surface area contributed by atoms with E-state index in [-0.39, 0.29) is 23.8 Å². The number of anilines is 1. The van der Waals surface area contributed by atoms with Crippen LogP contribution < -0.4 is 10.9 Å². The molecule has 7 heteroatoms. The summed E-state index contributed by atoms with van der Waals surface area (Å²) in [6.07, 6.45) is 3.63. The molecule has 3 aromatic heterocycles. The molecule has 30 heavy (non-hydrogen) atoms. The lowest BCUT2D eigenvalue weighted by Crippen LogP contribution is -2.16. The Morgan fingerprint density at radius 3 is 2.57 bits per heavy atom.